The van der Waals surface area contributed by atoms with Crippen LogP contribution in [0.4, 0.5) is 13.2 Å². The van der Waals surface area contributed by atoms with Crippen molar-refractivity contribution in [2.45, 2.75) is 72.3 Å². The molecule has 2 aromatic carbocycles. The summed E-state index contributed by atoms with van der Waals surface area (Å²) in [6, 6.07) is 10.1. The molecule has 0 aliphatic heterocycles. The van der Waals surface area contributed by atoms with E-state index in [4.69, 9.17) is 14.6 Å². The van der Waals surface area contributed by atoms with Crippen LogP contribution in [0, 0.1) is 13.8 Å². The Kier molecular flexibility index (Phi) is 10.5. The summed E-state index contributed by atoms with van der Waals surface area (Å²) in [5.74, 6) is -0.770. The number of nitrogens with zero attached hydrogens (tertiary/aromatic N) is 1. The van der Waals surface area contributed by atoms with E-state index in [1.54, 1.807) is 25.1 Å². The summed E-state index contributed by atoms with van der Waals surface area (Å²) >= 11 is 1.39. The molecule has 0 fully saturated rings. The fourth-order valence-corrected chi connectivity index (χ4v) is 4.43. The van der Waals surface area contributed by atoms with Gasteiger partial charge in [-0.25, -0.2) is 9.78 Å². The highest BCUT2D eigenvalue weighted by Crippen LogP contribution is 2.38. The lowest BCUT2D eigenvalue weighted by molar-refractivity contribution is -0.152. The van der Waals surface area contributed by atoms with Crippen LogP contribution in [0.1, 0.15) is 68.3 Å². The smallest absolute Gasteiger partial charge is 0.416 e. The number of aromatic nitrogens is 1. The van der Waals surface area contributed by atoms with Crippen molar-refractivity contribution in [2.75, 3.05) is 0 Å². The Morgan fingerprint density at radius 1 is 1.03 bits per heavy atom. The first-order chi connectivity index (χ1) is 18.1. The van der Waals surface area contributed by atoms with Gasteiger partial charge in [-0.1, -0.05) is 26.0 Å². The van der Waals surface area contributed by atoms with Gasteiger partial charge in [0.2, 0.25) is 0 Å². The Balaban J connectivity index is 0.000000976. The minimum Gasteiger partial charge on any atom is -0.485 e. The number of aliphatic carboxylic acids is 2. The first-order valence-electron chi connectivity index (χ1n) is 12.2. The molecular weight excluding hydrogens is 535 g/mol. The summed E-state index contributed by atoms with van der Waals surface area (Å²) in [5.41, 5.74) is 0.0301. The van der Waals surface area contributed by atoms with Crippen molar-refractivity contribution >= 4 is 23.3 Å². The van der Waals surface area contributed by atoms with Crippen LogP contribution in [0.2, 0.25) is 0 Å². The third kappa shape index (κ3) is 8.71. The summed E-state index contributed by atoms with van der Waals surface area (Å²) in [7, 11) is 0. The molecule has 212 valence electrons. The molecule has 0 saturated heterocycles. The van der Waals surface area contributed by atoms with E-state index in [1.165, 1.54) is 37.3 Å². The summed E-state index contributed by atoms with van der Waals surface area (Å²) in [6.07, 6.45) is -3.81. The molecule has 7 nitrogen and oxygen atoms in total. The van der Waals surface area contributed by atoms with E-state index in [9.17, 15) is 27.9 Å². The van der Waals surface area contributed by atoms with Crippen LogP contribution >= 0.6 is 11.3 Å². The molecule has 1 unspecified atom stereocenters. The molecule has 1 heterocycles. The average Bonchev–Trinajstić information content (AvgIpc) is 3.25. The SMILES string of the molecule is CCC(=O)O.CCC(Oc1ccc(OC(C)(C)C(=O)O)c(C)c1)c1sc(-c2ccc(C(F)(F)F)cc2)nc1C. The van der Waals surface area contributed by atoms with Gasteiger partial charge in [-0.2, -0.15) is 13.2 Å². The van der Waals surface area contributed by atoms with Gasteiger partial charge in [0.1, 0.15) is 22.6 Å². The topological polar surface area (TPSA) is 106 Å². The lowest BCUT2D eigenvalue weighted by atomic mass is 10.1. The first-order valence-corrected chi connectivity index (χ1v) is 13.0. The summed E-state index contributed by atoms with van der Waals surface area (Å²) in [4.78, 5) is 26.1. The first kappa shape index (κ1) is 31.6. The third-order valence-corrected chi connectivity index (χ3v) is 6.86. The standard InChI is InChI=1S/C25H26F3NO4S.C3H6O2/c1-6-19(32-18-11-12-20(14(2)13-18)33-24(4,5)23(30)31)21-15(3)29-22(34-21)16-7-9-17(10-8-16)25(26,27)28;1-2-3(4)5/h7-13,19H,6H2,1-5H3,(H,30,31);2H2,1H3,(H,4,5). The fourth-order valence-electron chi connectivity index (χ4n) is 3.25. The lowest BCUT2D eigenvalue weighted by Gasteiger charge is -2.23. The van der Waals surface area contributed by atoms with Crippen molar-refractivity contribution in [3.05, 3.63) is 64.2 Å². The van der Waals surface area contributed by atoms with Gasteiger partial charge < -0.3 is 19.7 Å². The minimum absolute atomic E-state index is 0.222. The van der Waals surface area contributed by atoms with E-state index in [0.717, 1.165) is 28.3 Å². The maximum Gasteiger partial charge on any atom is 0.416 e. The number of carbonyl (C=O) groups is 2. The Labute approximate surface area is 229 Å². The highest BCUT2D eigenvalue weighted by molar-refractivity contribution is 7.15. The van der Waals surface area contributed by atoms with Gasteiger partial charge in [-0.3, -0.25) is 4.79 Å². The van der Waals surface area contributed by atoms with E-state index >= 15 is 0 Å². The maximum atomic E-state index is 12.9. The summed E-state index contributed by atoms with van der Waals surface area (Å²) < 4.78 is 50.4. The summed E-state index contributed by atoms with van der Waals surface area (Å²) in [6.45, 7) is 10.2. The molecule has 1 atom stereocenters. The second-order valence-electron chi connectivity index (χ2n) is 9.15. The van der Waals surface area contributed by atoms with E-state index in [1.807, 2.05) is 20.8 Å². The van der Waals surface area contributed by atoms with Crippen molar-refractivity contribution in [3.63, 3.8) is 0 Å². The van der Waals surface area contributed by atoms with Crippen LogP contribution in [0.25, 0.3) is 10.6 Å². The van der Waals surface area contributed by atoms with Gasteiger partial charge in [0.25, 0.3) is 0 Å². The number of hydrogen-bond donors (Lipinski definition) is 2. The Bertz CT molecular complexity index is 1290. The zero-order valence-electron chi connectivity index (χ0n) is 22.5. The third-order valence-electron chi connectivity index (χ3n) is 5.56. The zero-order chi connectivity index (χ0) is 29.5. The van der Waals surface area contributed by atoms with Crippen LogP contribution in [-0.2, 0) is 15.8 Å². The second-order valence-corrected chi connectivity index (χ2v) is 10.2. The van der Waals surface area contributed by atoms with Gasteiger partial charge in [0.05, 0.1) is 16.1 Å². The number of aryl methyl sites for hydroxylation is 2. The monoisotopic (exact) mass is 567 g/mol. The number of carboxylic acids is 2. The fraction of sp³-hybridized carbons (Fsp3) is 0.393. The molecule has 0 amide bonds. The van der Waals surface area contributed by atoms with Crippen molar-refractivity contribution in [3.8, 4) is 22.1 Å². The lowest BCUT2D eigenvalue weighted by Crippen LogP contribution is -2.38. The molecule has 39 heavy (non-hydrogen) atoms. The Hall–Kier alpha value is -3.60. The predicted octanol–water partition coefficient (Wildman–Crippen LogP) is 7.70. The number of rotatable bonds is 9. The molecule has 0 spiro atoms. The number of hydrogen-bond acceptors (Lipinski definition) is 6. The Morgan fingerprint density at radius 3 is 2.08 bits per heavy atom. The van der Waals surface area contributed by atoms with Crippen molar-refractivity contribution in [1.82, 2.24) is 4.98 Å². The molecule has 0 bridgehead atoms. The maximum absolute atomic E-state index is 12.9. The highest BCUT2D eigenvalue weighted by Gasteiger charge is 2.31. The predicted molar refractivity (Wildman–Crippen MR) is 142 cm³/mol. The second kappa shape index (κ2) is 13.0. The normalized spacial score (nSPS) is 12.2. The van der Waals surface area contributed by atoms with Gasteiger partial charge in [0, 0.05) is 12.0 Å². The van der Waals surface area contributed by atoms with Gasteiger partial charge in [0.15, 0.2) is 5.60 Å². The van der Waals surface area contributed by atoms with Crippen molar-refractivity contribution in [1.29, 1.82) is 0 Å². The molecule has 3 rings (SSSR count). The average molecular weight is 568 g/mol. The van der Waals surface area contributed by atoms with Crippen LogP contribution in [-0.4, -0.2) is 32.7 Å². The van der Waals surface area contributed by atoms with Crippen LogP contribution < -0.4 is 9.47 Å². The number of alkyl halides is 3. The molecule has 0 saturated carbocycles. The molecule has 0 radical (unpaired) electrons. The molecule has 0 aliphatic carbocycles. The van der Waals surface area contributed by atoms with Crippen molar-refractivity contribution < 1.29 is 42.4 Å². The largest absolute Gasteiger partial charge is 0.485 e. The molecule has 0 aliphatic rings. The number of benzene rings is 2. The van der Waals surface area contributed by atoms with Gasteiger partial charge >= 0.3 is 18.1 Å². The number of thiazole rings is 1. The number of carboxylic acid groups (broad SMARTS) is 2. The number of halogens is 3. The van der Waals surface area contributed by atoms with E-state index in [-0.39, 0.29) is 12.5 Å². The zero-order valence-corrected chi connectivity index (χ0v) is 23.4. The summed E-state index contributed by atoms with van der Waals surface area (Å²) in [5, 5.41) is 17.6. The van der Waals surface area contributed by atoms with Gasteiger partial charge in [-0.05, 0) is 70.0 Å². The van der Waals surface area contributed by atoms with Gasteiger partial charge in [-0.15, -0.1) is 11.3 Å². The number of ether oxygens (including phenoxy) is 2. The molecule has 11 heteroatoms. The van der Waals surface area contributed by atoms with E-state index < -0.39 is 29.3 Å². The quantitative estimate of drug-likeness (QED) is 0.273. The highest BCUT2D eigenvalue weighted by atomic mass is 32.1. The molecule has 1 aromatic heterocycles. The van der Waals surface area contributed by atoms with Crippen LogP contribution in [0.15, 0.2) is 42.5 Å². The molecule has 2 N–H and O–H groups in total. The minimum atomic E-state index is -4.38. The van der Waals surface area contributed by atoms with E-state index in [2.05, 4.69) is 4.98 Å². The van der Waals surface area contributed by atoms with Crippen LogP contribution in [0.3, 0.4) is 0 Å². The molecular formula is C28H32F3NO6S. The Morgan fingerprint density at radius 2 is 1.62 bits per heavy atom. The van der Waals surface area contributed by atoms with E-state index in [0.29, 0.717) is 28.5 Å². The van der Waals surface area contributed by atoms with Crippen molar-refractivity contribution in [2.24, 2.45) is 0 Å². The van der Waals surface area contributed by atoms with Crippen LogP contribution in [0.5, 0.6) is 11.5 Å². The molecule has 3 aromatic rings.